The summed E-state index contributed by atoms with van der Waals surface area (Å²) in [5.41, 5.74) is 7.26. The Hall–Kier alpha value is -1.41. The highest BCUT2D eigenvalue weighted by Crippen LogP contribution is 2.57. The van der Waals surface area contributed by atoms with E-state index in [9.17, 15) is 9.46 Å². The van der Waals surface area contributed by atoms with E-state index in [1.807, 2.05) is 60.7 Å². The quantitative estimate of drug-likeness (QED) is 0.768. The average molecular weight is 303 g/mol. The lowest BCUT2D eigenvalue weighted by atomic mass is 10.1. The summed E-state index contributed by atoms with van der Waals surface area (Å²) < 4.78 is 12.8. The molecule has 0 aromatic heterocycles. The molecule has 0 bridgehead atoms. The van der Waals surface area contributed by atoms with Gasteiger partial charge in [-0.05, 0) is 30.5 Å². The second-order valence-electron chi connectivity index (χ2n) is 5.22. The van der Waals surface area contributed by atoms with Crippen molar-refractivity contribution < 1.29 is 9.46 Å². The van der Waals surface area contributed by atoms with Crippen molar-refractivity contribution in [3.63, 3.8) is 0 Å². The molecule has 112 valence electrons. The SMILES string of the molecule is NCCC(c1ccccc1)P(=O)(O)CCc1ccccc1. The van der Waals surface area contributed by atoms with E-state index in [2.05, 4.69) is 0 Å². The maximum Gasteiger partial charge on any atom is 0.208 e. The van der Waals surface area contributed by atoms with Crippen molar-refractivity contribution in [1.82, 2.24) is 0 Å². The topological polar surface area (TPSA) is 63.3 Å². The molecule has 0 aliphatic heterocycles. The first-order valence-electron chi connectivity index (χ1n) is 7.24. The van der Waals surface area contributed by atoms with Gasteiger partial charge in [0.25, 0.3) is 0 Å². The maximum absolute atomic E-state index is 12.8. The molecule has 0 fully saturated rings. The van der Waals surface area contributed by atoms with Crippen molar-refractivity contribution in [1.29, 1.82) is 0 Å². The minimum absolute atomic E-state index is 0.288. The number of hydrogen-bond donors (Lipinski definition) is 2. The maximum atomic E-state index is 12.8. The van der Waals surface area contributed by atoms with Gasteiger partial charge < -0.3 is 10.6 Å². The zero-order chi connectivity index (χ0) is 15.1. The lowest BCUT2D eigenvalue weighted by Crippen LogP contribution is -2.10. The van der Waals surface area contributed by atoms with E-state index in [4.69, 9.17) is 5.73 Å². The van der Waals surface area contributed by atoms with E-state index in [0.717, 1.165) is 11.1 Å². The molecule has 21 heavy (non-hydrogen) atoms. The van der Waals surface area contributed by atoms with Crippen LogP contribution in [0.25, 0.3) is 0 Å². The van der Waals surface area contributed by atoms with Gasteiger partial charge >= 0.3 is 0 Å². The van der Waals surface area contributed by atoms with Crippen LogP contribution in [0.5, 0.6) is 0 Å². The van der Waals surface area contributed by atoms with Gasteiger partial charge in [-0.15, -0.1) is 0 Å². The van der Waals surface area contributed by atoms with Crippen LogP contribution in [0.1, 0.15) is 23.2 Å². The van der Waals surface area contributed by atoms with E-state index < -0.39 is 7.37 Å². The first kappa shape index (κ1) is 16.0. The minimum Gasteiger partial charge on any atom is -0.344 e. The summed E-state index contributed by atoms with van der Waals surface area (Å²) in [7, 11) is -3.29. The van der Waals surface area contributed by atoms with Crippen LogP contribution < -0.4 is 5.73 Å². The molecule has 0 saturated heterocycles. The summed E-state index contributed by atoms with van der Waals surface area (Å²) in [5, 5.41) is 0. The van der Waals surface area contributed by atoms with Crippen molar-refractivity contribution in [2.24, 2.45) is 5.73 Å². The molecule has 2 aromatic rings. The Kier molecular flexibility index (Phi) is 5.75. The van der Waals surface area contributed by atoms with E-state index >= 15 is 0 Å². The van der Waals surface area contributed by atoms with Crippen LogP contribution in [-0.2, 0) is 11.0 Å². The highest BCUT2D eigenvalue weighted by atomic mass is 31.2. The standard InChI is InChI=1S/C17H22NO2P/c18-13-11-17(16-9-5-2-6-10-16)21(19,20)14-12-15-7-3-1-4-8-15/h1-10,17H,11-14,18H2,(H,19,20). The molecule has 3 nitrogen and oxygen atoms in total. The molecule has 0 radical (unpaired) electrons. The normalized spacial score (nSPS) is 15.3. The Labute approximate surface area is 126 Å². The van der Waals surface area contributed by atoms with Crippen LogP contribution in [0.3, 0.4) is 0 Å². The molecule has 0 aliphatic rings. The van der Waals surface area contributed by atoms with E-state index in [1.165, 1.54) is 0 Å². The number of hydrogen-bond acceptors (Lipinski definition) is 2. The molecule has 0 heterocycles. The van der Waals surface area contributed by atoms with Crippen LogP contribution in [0, 0.1) is 0 Å². The fraction of sp³-hybridized carbons (Fsp3) is 0.294. The molecule has 0 amide bonds. The Morgan fingerprint density at radius 1 is 1.00 bits per heavy atom. The second-order valence-corrected chi connectivity index (χ2v) is 7.80. The summed E-state index contributed by atoms with van der Waals surface area (Å²) in [4.78, 5) is 10.5. The fourth-order valence-corrected chi connectivity index (χ4v) is 4.60. The first-order valence-corrected chi connectivity index (χ1v) is 9.15. The van der Waals surface area contributed by atoms with Gasteiger partial charge in [0.15, 0.2) is 0 Å². The van der Waals surface area contributed by atoms with Crippen molar-refractivity contribution in [2.45, 2.75) is 18.5 Å². The summed E-state index contributed by atoms with van der Waals surface area (Å²) in [6.45, 7) is 0.412. The third-order valence-electron chi connectivity index (χ3n) is 3.68. The van der Waals surface area contributed by atoms with Crippen LogP contribution in [0.15, 0.2) is 60.7 Å². The molecule has 2 rings (SSSR count). The predicted octanol–water partition coefficient (Wildman–Crippen LogP) is 3.59. The third kappa shape index (κ3) is 4.53. The summed E-state index contributed by atoms with van der Waals surface area (Å²) in [5.74, 6) is 0. The smallest absolute Gasteiger partial charge is 0.208 e. The van der Waals surface area contributed by atoms with E-state index in [0.29, 0.717) is 19.4 Å². The van der Waals surface area contributed by atoms with Crippen LogP contribution in [0.2, 0.25) is 0 Å². The molecule has 0 aliphatic carbocycles. The Morgan fingerprint density at radius 3 is 2.14 bits per heavy atom. The molecule has 3 N–H and O–H groups in total. The van der Waals surface area contributed by atoms with E-state index in [1.54, 1.807) is 0 Å². The van der Waals surface area contributed by atoms with Crippen molar-refractivity contribution >= 4 is 7.37 Å². The average Bonchev–Trinajstić information content (AvgIpc) is 2.52. The molecule has 2 atom stereocenters. The third-order valence-corrected chi connectivity index (χ3v) is 6.07. The molecule has 4 heteroatoms. The highest BCUT2D eigenvalue weighted by molar-refractivity contribution is 7.58. The first-order chi connectivity index (χ1) is 10.1. The molecular weight excluding hydrogens is 281 g/mol. The monoisotopic (exact) mass is 303 g/mol. The lowest BCUT2D eigenvalue weighted by Gasteiger charge is -2.23. The summed E-state index contributed by atoms with van der Waals surface area (Å²) in [6, 6.07) is 19.3. The largest absolute Gasteiger partial charge is 0.344 e. The number of aryl methyl sites for hydroxylation is 1. The van der Waals surface area contributed by atoms with Gasteiger partial charge in [0.05, 0.1) is 5.66 Å². The number of nitrogens with two attached hydrogens (primary N) is 1. The van der Waals surface area contributed by atoms with Crippen LogP contribution in [0.4, 0.5) is 0 Å². The fourth-order valence-electron chi connectivity index (χ4n) is 2.52. The number of benzene rings is 2. The molecule has 2 unspecified atom stereocenters. The van der Waals surface area contributed by atoms with Gasteiger partial charge in [0, 0.05) is 6.16 Å². The van der Waals surface area contributed by atoms with Gasteiger partial charge in [0.1, 0.15) is 0 Å². The van der Waals surface area contributed by atoms with Crippen molar-refractivity contribution in [2.75, 3.05) is 12.7 Å². The zero-order valence-corrected chi connectivity index (χ0v) is 13.0. The summed E-state index contributed by atoms with van der Waals surface area (Å²) >= 11 is 0. The second kappa shape index (κ2) is 7.56. The number of rotatable bonds is 7. The van der Waals surface area contributed by atoms with Crippen LogP contribution >= 0.6 is 7.37 Å². The minimum atomic E-state index is -3.29. The van der Waals surface area contributed by atoms with Gasteiger partial charge in [0.2, 0.25) is 7.37 Å². The van der Waals surface area contributed by atoms with Gasteiger partial charge in [-0.25, -0.2) is 0 Å². The van der Waals surface area contributed by atoms with E-state index in [-0.39, 0.29) is 11.8 Å². The van der Waals surface area contributed by atoms with Crippen LogP contribution in [-0.4, -0.2) is 17.6 Å². The Morgan fingerprint density at radius 2 is 1.57 bits per heavy atom. The predicted molar refractivity (Wildman–Crippen MR) is 87.7 cm³/mol. The Balaban J connectivity index is 2.12. The molecular formula is C17H22NO2P. The van der Waals surface area contributed by atoms with Crippen molar-refractivity contribution in [3.05, 3.63) is 71.8 Å². The van der Waals surface area contributed by atoms with Crippen molar-refractivity contribution in [3.8, 4) is 0 Å². The molecule has 2 aromatic carbocycles. The molecule has 0 saturated carbocycles. The lowest BCUT2D eigenvalue weighted by molar-refractivity contribution is 0.459. The van der Waals surface area contributed by atoms with Gasteiger partial charge in [-0.3, -0.25) is 4.57 Å². The highest BCUT2D eigenvalue weighted by Gasteiger charge is 2.31. The molecule has 0 spiro atoms. The van der Waals surface area contributed by atoms with Gasteiger partial charge in [-0.1, -0.05) is 60.7 Å². The Bertz CT molecular complexity index is 586. The zero-order valence-electron chi connectivity index (χ0n) is 12.1. The van der Waals surface area contributed by atoms with Gasteiger partial charge in [-0.2, -0.15) is 0 Å². The summed E-state index contributed by atoms with van der Waals surface area (Å²) in [6.07, 6.45) is 1.44.